The Morgan fingerprint density at radius 2 is 0.769 bits per heavy atom. The normalized spacial score (nSPS) is 22.6. The predicted octanol–water partition coefficient (Wildman–Crippen LogP) is 6.31. The number of piperidine rings is 2. The zero-order chi connectivity index (χ0) is 20.1. The molecule has 0 aromatic heterocycles. The number of nitrogens with zero attached hydrogens (tertiary/aromatic N) is 2. The molecular weight excluding hydrogens is 316 g/mol. The Balaban J connectivity index is 0.000000260. The van der Waals surface area contributed by atoms with E-state index < -0.39 is 0 Å². The summed E-state index contributed by atoms with van der Waals surface area (Å²) in [5.41, 5.74) is 0.754. The lowest BCUT2D eigenvalue weighted by atomic mass is 9.85. The molecule has 0 radical (unpaired) electrons. The Labute approximate surface area is 166 Å². The molecule has 0 aromatic rings. The highest BCUT2D eigenvalue weighted by molar-refractivity contribution is 4.83. The van der Waals surface area contributed by atoms with Crippen LogP contribution in [0, 0.1) is 23.7 Å². The third-order valence-electron chi connectivity index (χ3n) is 6.86. The van der Waals surface area contributed by atoms with Crippen LogP contribution in [0.2, 0.25) is 0 Å². The van der Waals surface area contributed by atoms with Gasteiger partial charge in [0.2, 0.25) is 0 Å². The largest absolute Gasteiger partial charge is 0.298 e. The molecule has 0 N–H and O–H groups in total. The molecule has 2 aliphatic rings. The highest BCUT2D eigenvalue weighted by Gasteiger charge is 2.28. The van der Waals surface area contributed by atoms with E-state index in [1.54, 1.807) is 0 Å². The van der Waals surface area contributed by atoms with E-state index in [0.29, 0.717) is 11.1 Å². The van der Waals surface area contributed by atoms with Crippen molar-refractivity contribution >= 4 is 0 Å². The molecule has 2 saturated heterocycles. The quantitative estimate of drug-likeness (QED) is 0.565. The van der Waals surface area contributed by atoms with E-state index in [2.05, 4.69) is 79.0 Å². The molecule has 2 aliphatic heterocycles. The highest BCUT2D eigenvalue weighted by atomic mass is 15.2. The van der Waals surface area contributed by atoms with E-state index >= 15 is 0 Å². The van der Waals surface area contributed by atoms with Crippen LogP contribution in [-0.2, 0) is 0 Å². The minimum atomic E-state index is 0.377. The zero-order valence-corrected chi connectivity index (χ0v) is 19.9. The van der Waals surface area contributed by atoms with Crippen LogP contribution in [0.5, 0.6) is 0 Å². The van der Waals surface area contributed by atoms with E-state index in [1.807, 2.05) is 0 Å². The number of hydrogen-bond donors (Lipinski definition) is 0. The molecule has 156 valence electrons. The van der Waals surface area contributed by atoms with Crippen LogP contribution in [0.4, 0.5) is 0 Å². The van der Waals surface area contributed by atoms with Crippen LogP contribution in [0.15, 0.2) is 0 Å². The maximum absolute atomic E-state index is 2.62. The van der Waals surface area contributed by atoms with E-state index in [4.69, 9.17) is 0 Å². The SMILES string of the molecule is CC(C)C1CCN(C(C)(C)C)CC1.CC(C)C1CCN(C(C)(C)C)CC1. The Morgan fingerprint density at radius 1 is 0.538 bits per heavy atom. The topological polar surface area (TPSA) is 6.48 Å². The van der Waals surface area contributed by atoms with Gasteiger partial charge in [0.05, 0.1) is 0 Å². The summed E-state index contributed by atoms with van der Waals surface area (Å²) in [6.07, 6.45) is 5.59. The number of rotatable bonds is 2. The minimum absolute atomic E-state index is 0.377. The van der Waals surface area contributed by atoms with Gasteiger partial charge in [-0.05, 0) is 117 Å². The summed E-state index contributed by atoms with van der Waals surface area (Å²) in [5, 5.41) is 0. The van der Waals surface area contributed by atoms with Crippen molar-refractivity contribution in [2.45, 2.75) is 106 Å². The standard InChI is InChI=1S/2C12H25N/c2*1-10(2)11-6-8-13(9-7-11)12(3,4)5/h2*10-11H,6-9H2,1-5H3. The van der Waals surface area contributed by atoms with Gasteiger partial charge in [0.15, 0.2) is 0 Å². The Morgan fingerprint density at radius 3 is 0.923 bits per heavy atom. The van der Waals surface area contributed by atoms with Gasteiger partial charge in [-0.2, -0.15) is 0 Å². The molecule has 2 heteroatoms. The minimum Gasteiger partial charge on any atom is -0.298 e. The van der Waals surface area contributed by atoms with Crippen molar-refractivity contribution in [1.82, 2.24) is 9.80 Å². The zero-order valence-electron chi connectivity index (χ0n) is 19.9. The van der Waals surface area contributed by atoms with Gasteiger partial charge >= 0.3 is 0 Å². The fourth-order valence-corrected chi connectivity index (χ4v) is 4.47. The van der Waals surface area contributed by atoms with Gasteiger partial charge in [-0.3, -0.25) is 9.80 Å². The van der Waals surface area contributed by atoms with Gasteiger partial charge in [0.25, 0.3) is 0 Å². The summed E-state index contributed by atoms with van der Waals surface area (Å²) >= 11 is 0. The smallest absolute Gasteiger partial charge is 0.0125 e. The predicted molar refractivity (Wildman–Crippen MR) is 118 cm³/mol. The highest BCUT2D eigenvalue weighted by Crippen LogP contribution is 2.29. The van der Waals surface area contributed by atoms with E-state index in [1.165, 1.54) is 51.9 Å². The average Bonchev–Trinajstić information content (AvgIpc) is 2.54. The molecule has 2 rings (SSSR count). The van der Waals surface area contributed by atoms with Crippen LogP contribution in [0.25, 0.3) is 0 Å². The van der Waals surface area contributed by atoms with Crippen molar-refractivity contribution in [3.05, 3.63) is 0 Å². The summed E-state index contributed by atoms with van der Waals surface area (Å²) in [6.45, 7) is 28.6. The third kappa shape index (κ3) is 7.89. The Hall–Kier alpha value is -0.0800. The molecule has 0 aliphatic carbocycles. The van der Waals surface area contributed by atoms with E-state index in [9.17, 15) is 0 Å². The summed E-state index contributed by atoms with van der Waals surface area (Å²) in [6, 6.07) is 0. The van der Waals surface area contributed by atoms with Crippen molar-refractivity contribution in [2.24, 2.45) is 23.7 Å². The lowest BCUT2D eigenvalue weighted by Crippen LogP contribution is -2.46. The summed E-state index contributed by atoms with van der Waals surface area (Å²) < 4.78 is 0. The monoisotopic (exact) mass is 366 g/mol. The van der Waals surface area contributed by atoms with Gasteiger partial charge in [-0.15, -0.1) is 0 Å². The van der Waals surface area contributed by atoms with Crippen molar-refractivity contribution in [2.75, 3.05) is 26.2 Å². The van der Waals surface area contributed by atoms with Gasteiger partial charge in [-0.1, -0.05) is 27.7 Å². The van der Waals surface area contributed by atoms with Gasteiger partial charge in [-0.25, -0.2) is 0 Å². The molecule has 2 nitrogen and oxygen atoms in total. The fraction of sp³-hybridized carbons (Fsp3) is 1.00. The van der Waals surface area contributed by atoms with Crippen molar-refractivity contribution in [1.29, 1.82) is 0 Å². The van der Waals surface area contributed by atoms with Crippen LogP contribution in [0.3, 0.4) is 0 Å². The maximum Gasteiger partial charge on any atom is 0.0125 e. The van der Waals surface area contributed by atoms with Gasteiger partial charge in [0.1, 0.15) is 0 Å². The van der Waals surface area contributed by atoms with Crippen LogP contribution < -0.4 is 0 Å². The molecule has 0 atom stereocenters. The average molecular weight is 367 g/mol. The van der Waals surface area contributed by atoms with Crippen LogP contribution in [0.1, 0.15) is 94.9 Å². The van der Waals surface area contributed by atoms with Crippen LogP contribution >= 0.6 is 0 Å². The molecule has 2 fully saturated rings. The van der Waals surface area contributed by atoms with Gasteiger partial charge < -0.3 is 0 Å². The first-order chi connectivity index (χ1) is 11.8. The number of likely N-dealkylation sites (tertiary alicyclic amines) is 2. The van der Waals surface area contributed by atoms with E-state index in [-0.39, 0.29) is 0 Å². The molecule has 0 saturated carbocycles. The van der Waals surface area contributed by atoms with Crippen LogP contribution in [-0.4, -0.2) is 47.1 Å². The molecule has 0 amide bonds. The second-order valence-corrected chi connectivity index (χ2v) is 11.5. The van der Waals surface area contributed by atoms with E-state index in [0.717, 1.165) is 23.7 Å². The summed E-state index contributed by atoms with van der Waals surface area (Å²) in [4.78, 5) is 5.23. The first-order valence-electron chi connectivity index (χ1n) is 11.3. The molecular formula is C24H50N2. The molecule has 0 aromatic carbocycles. The van der Waals surface area contributed by atoms with Crippen molar-refractivity contribution in [3.8, 4) is 0 Å². The first-order valence-corrected chi connectivity index (χ1v) is 11.3. The lowest BCUT2D eigenvalue weighted by molar-refractivity contribution is 0.0753. The molecule has 2 heterocycles. The Bertz CT molecular complexity index is 332. The second kappa shape index (κ2) is 9.92. The third-order valence-corrected chi connectivity index (χ3v) is 6.86. The van der Waals surface area contributed by atoms with Crippen molar-refractivity contribution < 1.29 is 0 Å². The molecule has 0 unspecified atom stereocenters. The molecule has 0 bridgehead atoms. The summed E-state index contributed by atoms with van der Waals surface area (Å²) in [5.74, 6) is 3.70. The van der Waals surface area contributed by atoms with Gasteiger partial charge in [0, 0.05) is 11.1 Å². The maximum atomic E-state index is 2.62. The number of hydrogen-bond acceptors (Lipinski definition) is 2. The Kier molecular flexibility index (Phi) is 9.14. The fourth-order valence-electron chi connectivity index (χ4n) is 4.47. The second-order valence-electron chi connectivity index (χ2n) is 11.5. The summed E-state index contributed by atoms with van der Waals surface area (Å²) in [7, 11) is 0. The van der Waals surface area contributed by atoms with Crippen molar-refractivity contribution in [3.63, 3.8) is 0 Å². The molecule has 0 spiro atoms. The lowest BCUT2D eigenvalue weighted by Gasteiger charge is -2.41. The first kappa shape index (κ1) is 24.0. The molecule has 26 heavy (non-hydrogen) atoms.